The fourth-order valence-corrected chi connectivity index (χ4v) is 2.77. The third-order valence-electron chi connectivity index (χ3n) is 3.99. The normalized spacial score (nSPS) is 16.8. The lowest BCUT2D eigenvalue weighted by Gasteiger charge is -2.25. The molecule has 120 valence electrons. The molecule has 0 heterocycles. The van der Waals surface area contributed by atoms with Gasteiger partial charge in [0, 0.05) is 6.04 Å². The Bertz CT molecular complexity index is 484. The maximum Gasteiger partial charge on any atom is 0.245 e. The highest BCUT2D eigenvalue weighted by Crippen LogP contribution is 2.17. The van der Waals surface area contributed by atoms with Gasteiger partial charge in [0.15, 0.2) is 0 Å². The van der Waals surface area contributed by atoms with Crippen LogP contribution in [0.15, 0.2) is 30.3 Å². The van der Waals surface area contributed by atoms with Gasteiger partial charge in [-0.1, -0.05) is 49.6 Å². The predicted molar refractivity (Wildman–Crippen MR) is 84.2 cm³/mol. The first kappa shape index (κ1) is 16.5. The number of nitrogens with one attached hydrogen (secondary N) is 2. The molecule has 0 bridgehead atoms. The first-order valence-electron chi connectivity index (χ1n) is 7.93. The van der Waals surface area contributed by atoms with Crippen molar-refractivity contribution in [3.05, 3.63) is 35.9 Å². The Morgan fingerprint density at radius 3 is 2.45 bits per heavy atom. The van der Waals surface area contributed by atoms with Crippen molar-refractivity contribution in [2.24, 2.45) is 0 Å². The molecule has 1 aromatic rings. The van der Waals surface area contributed by atoms with E-state index in [2.05, 4.69) is 10.6 Å². The molecule has 0 aromatic heterocycles. The minimum atomic E-state index is -0.877. The van der Waals surface area contributed by atoms with Crippen LogP contribution in [-0.2, 0) is 16.0 Å². The van der Waals surface area contributed by atoms with Crippen LogP contribution in [0.2, 0.25) is 0 Å². The van der Waals surface area contributed by atoms with Crippen LogP contribution in [0.3, 0.4) is 0 Å². The van der Waals surface area contributed by atoms with Crippen LogP contribution in [0.25, 0.3) is 0 Å². The number of hydrogen-bond acceptors (Lipinski definition) is 3. The number of carbonyl (C=O) groups is 2. The maximum atomic E-state index is 12.1. The van der Waals surface area contributed by atoms with E-state index in [-0.39, 0.29) is 30.9 Å². The Kier molecular flexibility index (Phi) is 6.40. The van der Waals surface area contributed by atoms with Gasteiger partial charge < -0.3 is 15.7 Å². The second-order valence-corrected chi connectivity index (χ2v) is 5.81. The molecule has 1 atom stereocenters. The van der Waals surface area contributed by atoms with Crippen molar-refractivity contribution in [1.29, 1.82) is 0 Å². The molecule has 0 unspecified atom stereocenters. The number of benzene rings is 1. The minimum Gasteiger partial charge on any atom is -0.394 e. The monoisotopic (exact) mass is 304 g/mol. The standard InChI is InChI=1S/C17H24N2O3/c20-12-15(17(22)18-14-9-5-2-6-10-14)19-16(21)11-13-7-3-1-4-8-13/h1,3-4,7-8,14-15,20H,2,5-6,9-12H2,(H,18,22)(H,19,21)/t15-/m0/s1. The third kappa shape index (κ3) is 5.15. The van der Waals surface area contributed by atoms with E-state index in [1.807, 2.05) is 30.3 Å². The zero-order valence-electron chi connectivity index (χ0n) is 12.8. The first-order valence-corrected chi connectivity index (χ1v) is 7.93. The highest BCUT2D eigenvalue weighted by Gasteiger charge is 2.23. The van der Waals surface area contributed by atoms with Crippen LogP contribution in [0, 0.1) is 0 Å². The number of aliphatic hydroxyl groups is 1. The Morgan fingerprint density at radius 1 is 1.14 bits per heavy atom. The summed E-state index contributed by atoms with van der Waals surface area (Å²) < 4.78 is 0. The van der Waals surface area contributed by atoms with E-state index in [9.17, 15) is 14.7 Å². The number of aliphatic hydroxyl groups excluding tert-OH is 1. The zero-order valence-corrected chi connectivity index (χ0v) is 12.8. The van der Waals surface area contributed by atoms with Gasteiger partial charge in [0.05, 0.1) is 13.0 Å². The molecule has 0 spiro atoms. The SMILES string of the molecule is O=C(Cc1ccccc1)N[C@@H](CO)C(=O)NC1CCCCC1. The Hall–Kier alpha value is -1.88. The van der Waals surface area contributed by atoms with Crippen molar-refractivity contribution >= 4 is 11.8 Å². The summed E-state index contributed by atoms with van der Waals surface area (Å²) in [5, 5.41) is 14.9. The average molecular weight is 304 g/mol. The van der Waals surface area contributed by atoms with Gasteiger partial charge in [-0.2, -0.15) is 0 Å². The molecule has 5 heteroatoms. The summed E-state index contributed by atoms with van der Waals surface area (Å²) in [5.41, 5.74) is 0.879. The molecular formula is C17H24N2O3. The number of hydrogen-bond donors (Lipinski definition) is 3. The number of carbonyl (C=O) groups excluding carboxylic acids is 2. The van der Waals surface area contributed by atoms with Crippen LogP contribution in [-0.4, -0.2) is 35.6 Å². The van der Waals surface area contributed by atoms with Crippen LogP contribution < -0.4 is 10.6 Å². The van der Waals surface area contributed by atoms with Crippen molar-refractivity contribution in [2.45, 2.75) is 50.6 Å². The molecule has 22 heavy (non-hydrogen) atoms. The molecular weight excluding hydrogens is 280 g/mol. The predicted octanol–water partition coefficient (Wildman–Crippen LogP) is 1.16. The Balaban J connectivity index is 1.82. The van der Waals surface area contributed by atoms with E-state index < -0.39 is 6.04 Å². The second kappa shape index (κ2) is 8.54. The molecule has 1 aromatic carbocycles. The van der Waals surface area contributed by atoms with E-state index in [0.29, 0.717) is 0 Å². The largest absolute Gasteiger partial charge is 0.394 e. The summed E-state index contributed by atoms with van der Waals surface area (Å²) in [4.78, 5) is 24.1. The molecule has 1 aliphatic rings. The molecule has 1 saturated carbocycles. The molecule has 0 saturated heterocycles. The summed E-state index contributed by atoms with van der Waals surface area (Å²) in [5.74, 6) is -0.556. The van der Waals surface area contributed by atoms with Crippen molar-refractivity contribution < 1.29 is 14.7 Å². The highest BCUT2D eigenvalue weighted by molar-refractivity contribution is 5.88. The molecule has 5 nitrogen and oxygen atoms in total. The molecule has 2 rings (SSSR count). The van der Waals surface area contributed by atoms with Crippen LogP contribution >= 0.6 is 0 Å². The molecule has 3 N–H and O–H groups in total. The lowest BCUT2D eigenvalue weighted by molar-refractivity contribution is -0.130. The summed E-state index contributed by atoms with van der Waals surface area (Å²) in [7, 11) is 0. The van der Waals surface area contributed by atoms with Gasteiger partial charge in [-0.25, -0.2) is 0 Å². The summed E-state index contributed by atoms with van der Waals surface area (Å²) >= 11 is 0. The van der Waals surface area contributed by atoms with Gasteiger partial charge >= 0.3 is 0 Å². The van der Waals surface area contributed by atoms with E-state index in [4.69, 9.17) is 0 Å². The quantitative estimate of drug-likeness (QED) is 0.738. The topological polar surface area (TPSA) is 78.4 Å². The van der Waals surface area contributed by atoms with Gasteiger partial charge in [-0.15, -0.1) is 0 Å². The van der Waals surface area contributed by atoms with Crippen molar-refractivity contribution in [3.63, 3.8) is 0 Å². The molecule has 0 aliphatic heterocycles. The molecule has 1 fully saturated rings. The van der Waals surface area contributed by atoms with Gasteiger partial charge in [-0.05, 0) is 18.4 Å². The lowest BCUT2D eigenvalue weighted by atomic mass is 9.95. The van der Waals surface area contributed by atoms with Crippen molar-refractivity contribution in [1.82, 2.24) is 10.6 Å². The van der Waals surface area contributed by atoms with Gasteiger partial charge in [-0.3, -0.25) is 9.59 Å². The zero-order chi connectivity index (χ0) is 15.8. The highest BCUT2D eigenvalue weighted by atomic mass is 16.3. The van der Waals surface area contributed by atoms with Crippen molar-refractivity contribution in [3.8, 4) is 0 Å². The van der Waals surface area contributed by atoms with Gasteiger partial charge in [0.1, 0.15) is 6.04 Å². The second-order valence-electron chi connectivity index (χ2n) is 5.81. The summed E-state index contributed by atoms with van der Waals surface area (Å²) in [6.07, 6.45) is 5.60. The smallest absolute Gasteiger partial charge is 0.245 e. The van der Waals surface area contributed by atoms with Gasteiger partial charge in [0.2, 0.25) is 11.8 Å². The van der Waals surface area contributed by atoms with Crippen LogP contribution in [0.4, 0.5) is 0 Å². The Labute approximate surface area is 131 Å². The lowest BCUT2D eigenvalue weighted by Crippen LogP contribution is -2.52. The fourth-order valence-electron chi connectivity index (χ4n) is 2.77. The number of rotatable bonds is 6. The van der Waals surface area contributed by atoms with E-state index >= 15 is 0 Å². The van der Waals surface area contributed by atoms with Crippen LogP contribution in [0.1, 0.15) is 37.7 Å². The maximum absolute atomic E-state index is 12.1. The van der Waals surface area contributed by atoms with E-state index in [1.165, 1.54) is 6.42 Å². The summed E-state index contributed by atoms with van der Waals surface area (Å²) in [6.45, 7) is -0.390. The first-order chi connectivity index (χ1) is 10.7. The van der Waals surface area contributed by atoms with E-state index in [0.717, 1.165) is 31.2 Å². The van der Waals surface area contributed by atoms with E-state index in [1.54, 1.807) is 0 Å². The fraction of sp³-hybridized carbons (Fsp3) is 0.529. The summed E-state index contributed by atoms with van der Waals surface area (Å²) in [6, 6.07) is 8.62. The third-order valence-corrected chi connectivity index (χ3v) is 3.99. The Morgan fingerprint density at radius 2 is 1.82 bits per heavy atom. The molecule has 0 radical (unpaired) electrons. The van der Waals surface area contributed by atoms with Crippen LogP contribution in [0.5, 0.6) is 0 Å². The molecule has 2 amide bonds. The number of amides is 2. The van der Waals surface area contributed by atoms with Gasteiger partial charge in [0.25, 0.3) is 0 Å². The van der Waals surface area contributed by atoms with Crippen molar-refractivity contribution in [2.75, 3.05) is 6.61 Å². The minimum absolute atomic E-state index is 0.168. The average Bonchev–Trinajstić information content (AvgIpc) is 2.54. The molecule has 1 aliphatic carbocycles.